The Balaban J connectivity index is 1.91. The summed E-state index contributed by atoms with van der Waals surface area (Å²) in [7, 11) is 0. The Kier molecular flexibility index (Phi) is 3.40. The molecule has 0 radical (unpaired) electrons. The van der Waals surface area contributed by atoms with Crippen LogP contribution in [0.4, 0.5) is 23.8 Å². The predicted octanol–water partition coefficient (Wildman–Crippen LogP) is 1.60. The van der Waals surface area contributed by atoms with Crippen LogP contribution in [0.5, 0.6) is 0 Å². The van der Waals surface area contributed by atoms with Crippen molar-refractivity contribution in [2.75, 3.05) is 18.4 Å². The molecule has 1 aromatic rings. The zero-order valence-electron chi connectivity index (χ0n) is 9.78. The van der Waals surface area contributed by atoms with Crippen LogP contribution in [0.3, 0.4) is 0 Å². The lowest BCUT2D eigenvalue weighted by atomic mass is 9.91. The molecule has 1 aliphatic heterocycles. The Morgan fingerprint density at radius 2 is 2.11 bits per heavy atom. The molecule has 19 heavy (non-hydrogen) atoms. The molecule has 2 heterocycles. The van der Waals surface area contributed by atoms with Crippen LogP contribution < -0.4 is 5.32 Å². The largest absolute Gasteiger partial charge is 0.417 e. The van der Waals surface area contributed by atoms with Gasteiger partial charge in [0.2, 0.25) is 0 Å². The van der Waals surface area contributed by atoms with E-state index in [4.69, 9.17) is 0 Å². The molecule has 0 aliphatic carbocycles. The predicted molar refractivity (Wildman–Crippen MR) is 57.3 cm³/mol. The highest BCUT2D eigenvalue weighted by Crippen LogP contribution is 2.38. The van der Waals surface area contributed by atoms with E-state index in [1.807, 2.05) is 0 Å². The highest BCUT2D eigenvalue weighted by molar-refractivity contribution is 5.88. The van der Waals surface area contributed by atoms with Gasteiger partial charge in [0, 0.05) is 32.0 Å². The standard InChI is InChI=1S/C10H12F3N3O3/c11-10(12,13)9(18)2-4-16(5-3-9)8(17)14-7-1-6-19-15-7/h1,6,18H,2-5H2,(H,14,15,17). The van der Waals surface area contributed by atoms with Crippen LogP contribution in [-0.4, -0.2) is 46.1 Å². The van der Waals surface area contributed by atoms with E-state index in [2.05, 4.69) is 15.0 Å². The zero-order valence-corrected chi connectivity index (χ0v) is 9.78. The fourth-order valence-electron chi connectivity index (χ4n) is 1.83. The summed E-state index contributed by atoms with van der Waals surface area (Å²) in [6.45, 7) is -0.362. The smallest absolute Gasteiger partial charge is 0.380 e. The molecule has 0 saturated carbocycles. The van der Waals surface area contributed by atoms with Crippen LogP contribution in [-0.2, 0) is 0 Å². The van der Waals surface area contributed by atoms with Gasteiger partial charge in [-0.25, -0.2) is 4.79 Å². The number of rotatable bonds is 1. The normalized spacial score (nSPS) is 19.3. The van der Waals surface area contributed by atoms with Gasteiger partial charge in [-0.2, -0.15) is 13.2 Å². The molecule has 2 rings (SSSR count). The summed E-state index contributed by atoms with van der Waals surface area (Å²) >= 11 is 0. The average Bonchev–Trinajstić information content (AvgIpc) is 2.81. The number of halogens is 3. The summed E-state index contributed by atoms with van der Waals surface area (Å²) in [4.78, 5) is 12.9. The van der Waals surface area contributed by atoms with Crippen molar-refractivity contribution in [1.29, 1.82) is 0 Å². The third-order valence-corrected chi connectivity index (χ3v) is 3.08. The lowest BCUT2D eigenvalue weighted by Gasteiger charge is -2.38. The highest BCUT2D eigenvalue weighted by atomic mass is 19.4. The lowest BCUT2D eigenvalue weighted by Crippen LogP contribution is -2.55. The molecular weight excluding hydrogens is 267 g/mol. The second-order valence-corrected chi connectivity index (χ2v) is 4.33. The van der Waals surface area contributed by atoms with Crippen LogP contribution in [0.25, 0.3) is 0 Å². The number of alkyl halides is 3. The van der Waals surface area contributed by atoms with E-state index in [1.165, 1.54) is 17.2 Å². The monoisotopic (exact) mass is 279 g/mol. The third-order valence-electron chi connectivity index (χ3n) is 3.08. The minimum absolute atomic E-state index is 0.181. The molecule has 2 amide bonds. The number of hydrogen-bond donors (Lipinski definition) is 2. The molecule has 0 bridgehead atoms. The van der Waals surface area contributed by atoms with Gasteiger partial charge < -0.3 is 14.5 Å². The van der Waals surface area contributed by atoms with Crippen LogP contribution >= 0.6 is 0 Å². The van der Waals surface area contributed by atoms with Gasteiger partial charge in [0.05, 0.1) is 0 Å². The van der Waals surface area contributed by atoms with Crippen molar-refractivity contribution in [1.82, 2.24) is 10.1 Å². The molecule has 0 aromatic carbocycles. The number of anilines is 1. The SMILES string of the molecule is O=C(Nc1ccon1)N1CCC(O)(C(F)(F)F)CC1. The van der Waals surface area contributed by atoms with Gasteiger partial charge in [-0.15, -0.1) is 0 Å². The van der Waals surface area contributed by atoms with Crippen LogP contribution in [0.2, 0.25) is 0 Å². The van der Waals surface area contributed by atoms with Crippen LogP contribution in [0.15, 0.2) is 16.9 Å². The van der Waals surface area contributed by atoms with Gasteiger partial charge in [-0.3, -0.25) is 5.32 Å². The molecule has 1 saturated heterocycles. The molecule has 2 N–H and O–H groups in total. The number of piperidine rings is 1. The first-order chi connectivity index (χ1) is 8.82. The first kappa shape index (κ1) is 13.7. The van der Waals surface area contributed by atoms with Crippen molar-refractivity contribution in [3.63, 3.8) is 0 Å². The van der Waals surface area contributed by atoms with Crippen LogP contribution in [0.1, 0.15) is 12.8 Å². The van der Waals surface area contributed by atoms with Gasteiger partial charge in [-0.05, 0) is 0 Å². The van der Waals surface area contributed by atoms with Crippen molar-refractivity contribution >= 4 is 11.8 Å². The molecule has 1 fully saturated rings. The summed E-state index contributed by atoms with van der Waals surface area (Å²) in [5.74, 6) is 0.182. The molecule has 9 heteroatoms. The van der Waals surface area contributed by atoms with Crippen molar-refractivity contribution < 1.29 is 27.6 Å². The fraction of sp³-hybridized carbons (Fsp3) is 0.600. The van der Waals surface area contributed by atoms with E-state index < -0.39 is 30.7 Å². The molecule has 0 spiro atoms. The zero-order chi connectivity index (χ0) is 14.1. The minimum atomic E-state index is -4.68. The summed E-state index contributed by atoms with van der Waals surface area (Å²) in [6.07, 6.45) is -4.50. The number of hydrogen-bond acceptors (Lipinski definition) is 4. The van der Waals surface area contributed by atoms with Crippen molar-refractivity contribution in [2.45, 2.75) is 24.6 Å². The molecule has 1 aromatic heterocycles. The van der Waals surface area contributed by atoms with E-state index in [0.29, 0.717) is 0 Å². The van der Waals surface area contributed by atoms with Crippen LogP contribution in [0, 0.1) is 0 Å². The summed E-state index contributed by atoms with van der Waals surface area (Å²) < 4.78 is 42.2. The number of amides is 2. The minimum Gasteiger partial charge on any atom is -0.380 e. The number of nitrogens with one attached hydrogen (secondary N) is 1. The van der Waals surface area contributed by atoms with Crippen molar-refractivity contribution in [3.8, 4) is 0 Å². The van der Waals surface area contributed by atoms with Crippen molar-refractivity contribution in [2.24, 2.45) is 0 Å². The van der Waals surface area contributed by atoms with E-state index in [9.17, 15) is 23.1 Å². The molecular formula is C10H12F3N3O3. The molecule has 106 valence electrons. The second kappa shape index (κ2) is 4.72. The Hall–Kier alpha value is -1.77. The number of likely N-dealkylation sites (tertiary alicyclic amines) is 1. The number of carbonyl (C=O) groups is 1. The third kappa shape index (κ3) is 2.80. The van der Waals surface area contributed by atoms with E-state index >= 15 is 0 Å². The van der Waals surface area contributed by atoms with Gasteiger partial charge in [0.15, 0.2) is 11.4 Å². The second-order valence-electron chi connectivity index (χ2n) is 4.33. The number of aliphatic hydroxyl groups is 1. The number of aromatic nitrogens is 1. The first-order valence-electron chi connectivity index (χ1n) is 5.57. The Labute approximate surface area is 106 Å². The topological polar surface area (TPSA) is 78.6 Å². The summed E-state index contributed by atoms with van der Waals surface area (Å²) in [6, 6.07) is 0.839. The van der Waals surface area contributed by atoms with Crippen molar-refractivity contribution in [3.05, 3.63) is 12.3 Å². The van der Waals surface area contributed by atoms with Gasteiger partial charge in [0.1, 0.15) is 6.26 Å². The first-order valence-corrected chi connectivity index (χ1v) is 5.57. The molecule has 0 atom stereocenters. The molecule has 0 unspecified atom stereocenters. The van der Waals surface area contributed by atoms with Gasteiger partial charge in [-0.1, -0.05) is 5.16 Å². The molecule has 1 aliphatic rings. The average molecular weight is 279 g/mol. The maximum absolute atomic E-state index is 12.6. The van der Waals surface area contributed by atoms with E-state index in [1.54, 1.807) is 0 Å². The number of carbonyl (C=O) groups excluding carboxylic acids is 1. The highest BCUT2D eigenvalue weighted by Gasteiger charge is 2.54. The van der Waals surface area contributed by atoms with E-state index in [-0.39, 0.29) is 18.9 Å². The van der Waals surface area contributed by atoms with Gasteiger partial charge >= 0.3 is 12.2 Å². The van der Waals surface area contributed by atoms with E-state index in [0.717, 1.165) is 0 Å². The lowest BCUT2D eigenvalue weighted by molar-refractivity contribution is -0.271. The quantitative estimate of drug-likeness (QED) is 0.818. The number of nitrogens with zero attached hydrogens (tertiary/aromatic N) is 2. The summed E-state index contributed by atoms with van der Waals surface area (Å²) in [5.41, 5.74) is -2.71. The maximum atomic E-state index is 12.6. The summed E-state index contributed by atoms with van der Waals surface area (Å²) in [5, 5.41) is 15.3. The Morgan fingerprint density at radius 1 is 1.47 bits per heavy atom. The molecule has 6 nitrogen and oxygen atoms in total. The Bertz CT molecular complexity index is 439. The number of urea groups is 1. The van der Waals surface area contributed by atoms with Gasteiger partial charge in [0.25, 0.3) is 0 Å². The Morgan fingerprint density at radius 3 is 2.58 bits per heavy atom. The fourth-order valence-corrected chi connectivity index (χ4v) is 1.83. The maximum Gasteiger partial charge on any atom is 0.417 e.